The van der Waals surface area contributed by atoms with Gasteiger partial charge < -0.3 is 4.90 Å². The second kappa shape index (κ2) is 14.2. The van der Waals surface area contributed by atoms with E-state index in [1.54, 1.807) is 0 Å². The van der Waals surface area contributed by atoms with Gasteiger partial charge in [0.1, 0.15) is 0 Å². The van der Waals surface area contributed by atoms with E-state index >= 15 is 0 Å². The number of nitrogens with zero attached hydrogens (tertiary/aromatic N) is 1. The van der Waals surface area contributed by atoms with Gasteiger partial charge in [-0.3, -0.25) is 0 Å². The van der Waals surface area contributed by atoms with Crippen LogP contribution in [0.2, 0.25) is 0 Å². The van der Waals surface area contributed by atoms with Crippen LogP contribution in [0.5, 0.6) is 0 Å². The molecule has 0 atom stereocenters. The largest absolute Gasteiger partial charge is 0.310 e. The average Bonchev–Trinajstić information content (AvgIpc) is 3.59. The predicted octanol–water partition coefficient (Wildman–Crippen LogP) is 14.5. The van der Waals surface area contributed by atoms with Gasteiger partial charge in [-0.05, 0) is 97.6 Å². The van der Waals surface area contributed by atoms with E-state index in [1.807, 2.05) is 0 Å². The maximum Gasteiger partial charge on any atom is 0.0713 e. The molecular formula is C55H39N. The molecule has 9 aromatic rings. The van der Waals surface area contributed by atoms with Crippen molar-refractivity contribution in [3.05, 3.63) is 259 Å². The first kappa shape index (κ1) is 33.4. The fourth-order valence-corrected chi connectivity index (χ4v) is 8.86. The van der Waals surface area contributed by atoms with Gasteiger partial charge in [-0.1, -0.05) is 200 Å². The van der Waals surface area contributed by atoms with Crippen molar-refractivity contribution in [2.24, 2.45) is 0 Å². The van der Waals surface area contributed by atoms with Gasteiger partial charge in [0.25, 0.3) is 0 Å². The molecule has 9 aromatic carbocycles. The van der Waals surface area contributed by atoms with Crippen molar-refractivity contribution in [1.82, 2.24) is 0 Å². The first-order valence-corrected chi connectivity index (χ1v) is 19.3. The van der Waals surface area contributed by atoms with E-state index in [9.17, 15) is 0 Å². The van der Waals surface area contributed by atoms with Crippen molar-refractivity contribution >= 4 is 17.1 Å². The van der Waals surface area contributed by atoms with E-state index in [0.29, 0.717) is 0 Å². The first-order valence-electron chi connectivity index (χ1n) is 19.3. The monoisotopic (exact) mass is 713 g/mol. The van der Waals surface area contributed by atoms with E-state index in [0.717, 1.165) is 17.1 Å². The minimum atomic E-state index is -0.465. The molecule has 1 aliphatic carbocycles. The lowest BCUT2D eigenvalue weighted by atomic mass is 9.68. The highest BCUT2D eigenvalue weighted by Gasteiger charge is 2.45. The summed E-state index contributed by atoms with van der Waals surface area (Å²) < 4.78 is 0. The van der Waals surface area contributed by atoms with E-state index in [1.165, 1.54) is 66.8 Å². The summed E-state index contributed by atoms with van der Waals surface area (Å²) in [7, 11) is 0. The number of para-hydroxylation sites is 1. The zero-order valence-electron chi connectivity index (χ0n) is 31.0. The molecule has 0 saturated heterocycles. The second-order valence-electron chi connectivity index (χ2n) is 14.5. The summed E-state index contributed by atoms with van der Waals surface area (Å²) >= 11 is 0. The molecule has 264 valence electrons. The highest BCUT2D eigenvalue weighted by molar-refractivity contribution is 5.92. The van der Waals surface area contributed by atoms with E-state index < -0.39 is 5.41 Å². The summed E-state index contributed by atoms with van der Waals surface area (Å²) in [5, 5.41) is 0. The Kier molecular flexibility index (Phi) is 8.46. The third kappa shape index (κ3) is 5.65. The number of benzene rings is 9. The quantitative estimate of drug-likeness (QED) is 0.152. The summed E-state index contributed by atoms with van der Waals surface area (Å²) in [5.74, 6) is 0. The van der Waals surface area contributed by atoms with Crippen LogP contribution in [0.4, 0.5) is 17.1 Å². The number of anilines is 3. The van der Waals surface area contributed by atoms with Gasteiger partial charge >= 0.3 is 0 Å². The van der Waals surface area contributed by atoms with Crippen molar-refractivity contribution in [3.8, 4) is 44.5 Å². The Morgan fingerprint density at radius 3 is 1.21 bits per heavy atom. The maximum atomic E-state index is 2.44. The van der Waals surface area contributed by atoms with Crippen LogP contribution in [0.15, 0.2) is 237 Å². The van der Waals surface area contributed by atoms with E-state index in [-0.39, 0.29) is 0 Å². The van der Waals surface area contributed by atoms with Crippen molar-refractivity contribution in [1.29, 1.82) is 0 Å². The van der Waals surface area contributed by atoms with Crippen molar-refractivity contribution in [2.45, 2.75) is 5.41 Å². The lowest BCUT2D eigenvalue weighted by Gasteiger charge is -2.34. The predicted molar refractivity (Wildman–Crippen MR) is 235 cm³/mol. The molecule has 0 N–H and O–H groups in total. The zero-order chi connectivity index (χ0) is 37.3. The molecule has 1 heteroatoms. The van der Waals surface area contributed by atoms with Gasteiger partial charge in [-0.2, -0.15) is 0 Å². The van der Waals surface area contributed by atoms with Gasteiger partial charge in [0.15, 0.2) is 0 Å². The molecule has 0 saturated carbocycles. The van der Waals surface area contributed by atoms with Crippen molar-refractivity contribution in [2.75, 3.05) is 4.90 Å². The molecule has 0 aromatic heterocycles. The summed E-state index contributed by atoms with van der Waals surface area (Å²) in [6, 6.07) is 86.2. The number of hydrogen-bond donors (Lipinski definition) is 0. The highest BCUT2D eigenvalue weighted by atomic mass is 15.1. The summed E-state index contributed by atoms with van der Waals surface area (Å²) in [6.07, 6.45) is 0. The molecule has 1 nitrogen and oxygen atoms in total. The Morgan fingerprint density at radius 1 is 0.268 bits per heavy atom. The minimum Gasteiger partial charge on any atom is -0.310 e. The average molecular weight is 714 g/mol. The summed E-state index contributed by atoms with van der Waals surface area (Å²) in [5.41, 5.74) is 17.6. The number of fused-ring (bicyclic) bond motifs is 3. The third-order valence-corrected chi connectivity index (χ3v) is 11.3. The zero-order valence-corrected chi connectivity index (χ0v) is 31.0. The topological polar surface area (TPSA) is 3.24 Å². The molecule has 0 radical (unpaired) electrons. The van der Waals surface area contributed by atoms with Crippen LogP contribution in [0.1, 0.15) is 22.3 Å². The molecule has 0 aliphatic heterocycles. The molecule has 0 unspecified atom stereocenters. The number of rotatable bonds is 8. The van der Waals surface area contributed by atoms with Crippen LogP contribution in [0, 0.1) is 0 Å². The lowest BCUT2D eigenvalue weighted by molar-refractivity contribution is 0.768. The van der Waals surface area contributed by atoms with Crippen molar-refractivity contribution < 1.29 is 0 Å². The van der Waals surface area contributed by atoms with E-state index in [4.69, 9.17) is 0 Å². The van der Waals surface area contributed by atoms with Crippen LogP contribution in [-0.4, -0.2) is 0 Å². The van der Waals surface area contributed by atoms with Crippen LogP contribution in [0.3, 0.4) is 0 Å². The lowest BCUT2D eigenvalue weighted by Crippen LogP contribution is -2.28. The maximum absolute atomic E-state index is 2.44. The minimum absolute atomic E-state index is 0.465. The SMILES string of the molecule is c1ccc(-c2cc(-c3ccccc3)cc(N(c3ccc(C4(c5ccccc5)c5ccccc5-c5ccccc54)cc3)c3ccccc3-c3ccccc3)c2)cc1. The Hall–Kier alpha value is -7.22. The van der Waals surface area contributed by atoms with Crippen LogP contribution in [-0.2, 0) is 5.41 Å². The van der Waals surface area contributed by atoms with E-state index in [2.05, 4.69) is 241 Å². The highest BCUT2D eigenvalue weighted by Crippen LogP contribution is 2.56. The Bertz CT molecular complexity index is 2670. The van der Waals surface area contributed by atoms with Crippen LogP contribution in [0.25, 0.3) is 44.5 Å². The molecule has 0 bridgehead atoms. The van der Waals surface area contributed by atoms with Gasteiger partial charge in [-0.25, -0.2) is 0 Å². The summed E-state index contributed by atoms with van der Waals surface area (Å²) in [4.78, 5) is 2.44. The molecule has 0 amide bonds. The van der Waals surface area contributed by atoms with Crippen molar-refractivity contribution in [3.63, 3.8) is 0 Å². The standard InChI is InChI=1S/C55H39N/c1-5-19-40(20-6-1)43-37-44(41-21-7-2-8-22-41)39-48(38-43)56(54-32-18-15-27-49(54)42-23-9-3-10-24-42)47-35-33-46(34-36-47)55(45-25-11-4-12-26-45)52-30-16-13-28-50(52)51-29-14-17-31-53(51)55/h1-39H. The number of hydrogen-bond acceptors (Lipinski definition) is 1. The molecule has 56 heavy (non-hydrogen) atoms. The van der Waals surface area contributed by atoms with Gasteiger partial charge in [0.05, 0.1) is 11.1 Å². The third-order valence-electron chi connectivity index (χ3n) is 11.3. The summed E-state index contributed by atoms with van der Waals surface area (Å²) in [6.45, 7) is 0. The second-order valence-corrected chi connectivity index (χ2v) is 14.5. The molecule has 0 fully saturated rings. The van der Waals surface area contributed by atoms with Gasteiger partial charge in [-0.15, -0.1) is 0 Å². The molecule has 0 spiro atoms. The van der Waals surface area contributed by atoms with Crippen LogP contribution >= 0.6 is 0 Å². The van der Waals surface area contributed by atoms with Gasteiger partial charge in [0.2, 0.25) is 0 Å². The smallest absolute Gasteiger partial charge is 0.0713 e. The van der Waals surface area contributed by atoms with Crippen LogP contribution < -0.4 is 4.90 Å². The fraction of sp³-hybridized carbons (Fsp3) is 0.0182. The van der Waals surface area contributed by atoms with Gasteiger partial charge in [0, 0.05) is 16.9 Å². The Labute approximate surface area is 329 Å². The normalized spacial score (nSPS) is 12.4. The molecule has 10 rings (SSSR count). The first-order chi connectivity index (χ1) is 27.8. The molecule has 0 heterocycles. The Balaban J connectivity index is 1.21. The molecular weight excluding hydrogens is 675 g/mol. The fourth-order valence-electron chi connectivity index (χ4n) is 8.86. The Morgan fingerprint density at radius 2 is 0.679 bits per heavy atom. The molecule has 1 aliphatic rings.